The standard InChI is InChI=1S/C17H16N6O3S/c1-9-7-27-16(21-9)13(5-18)14(24)6-26-15(25)4-12-10(2)22-17-19-8-20-23(17)11(12)3/h7-8,13H,4,6H2,1-3H3/t13-/m1/s1. The number of hydrogen-bond acceptors (Lipinski definition) is 9. The minimum Gasteiger partial charge on any atom is -0.457 e. The summed E-state index contributed by atoms with van der Waals surface area (Å²) in [4.78, 5) is 36.9. The maximum Gasteiger partial charge on any atom is 0.310 e. The third-order valence-electron chi connectivity index (χ3n) is 4.02. The van der Waals surface area contributed by atoms with Gasteiger partial charge in [-0.3, -0.25) is 9.59 Å². The Labute approximate surface area is 158 Å². The molecule has 0 bridgehead atoms. The fourth-order valence-corrected chi connectivity index (χ4v) is 3.47. The van der Waals surface area contributed by atoms with Crippen molar-refractivity contribution in [1.29, 1.82) is 5.26 Å². The Kier molecular flexibility index (Phi) is 5.23. The summed E-state index contributed by atoms with van der Waals surface area (Å²) in [6.45, 7) is 4.88. The number of thiazole rings is 1. The lowest BCUT2D eigenvalue weighted by atomic mass is 10.1. The van der Waals surface area contributed by atoms with Crippen LogP contribution >= 0.6 is 11.3 Å². The van der Waals surface area contributed by atoms with Gasteiger partial charge in [0.05, 0.1) is 12.5 Å². The van der Waals surface area contributed by atoms with Gasteiger partial charge >= 0.3 is 5.97 Å². The fraction of sp³-hybridized carbons (Fsp3) is 0.353. The Morgan fingerprint density at radius 2 is 2.11 bits per heavy atom. The zero-order valence-corrected chi connectivity index (χ0v) is 15.8. The number of hydrogen-bond donors (Lipinski definition) is 0. The Bertz CT molecular complexity index is 1060. The highest BCUT2D eigenvalue weighted by molar-refractivity contribution is 7.09. The molecule has 27 heavy (non-hydrogen) atoms. The number of esters is 1. The summed E-state index contributed by atoms with van der Waals surface area (Å²) in [5.41, 5.74) is 2.77. The van der Waals surface area contributed by atoms with E-state index in [1.54, 1.807) is 26.2 Å². The largest absolute Gasteiger partial charge is 0.457 e. The quantitative estimate of drug-likeness (QED) is 0.585. The monoisotopic (exact) mass is 384 g/mol. The number of rotatable bonds is 6. The van der Waals surface area contributed by atoms with E-state index in [1.807, 2.05) is 6.07 Å². The molecule has 138 valence electrons. The molecule has 10 heteroatoms. The van der Waals surface area contributed by atoms with Crippen LogP contribution in [0.15, 0.2) is 11.7 Å². The summed E-state index contributed by atoms with van der Waals surface area (Å²) in [7, 11) is 0. The molecule has 0 aliphatic rings. The third-order valence-corrected chi connectivity index (χ3v) is 5.05. The van der Waals surface area contributed by atoms with Crippen molar-refractivity contribution in [2.24, 2.45) is 0 Å². The van der Waals surface area contributed by atoms with Crippen LogP contribution in [-0.4, -0.2) is 42.9 Å². The Hall–Kier alpha value is -3.19. The van der Waals surface area contributed by atoms with Gasteiger partial charge in [0.2, 0.25) is 0 Å². The van der Waals surface area contributed by atoms with Gasteiger partial charge in [-0.25, -0.2) is 14.5 Å². The van der Waals surface area contributed by atoms with Gasteiger partial charge in [-0.15, -0.1) is 11.3 Å². The van der Waals surface area contributed by atoms with Crippen LogP contribution in [0.4, 0.5) is 0 Å². The van der Waals surface area contributed by atoms with Crippen molar-refractivity contribution in [3.05, 3.63) is 39.4 Å². The maximum atomic E-state index is 12.2. The Balaban J connectivity index is 1.66. The SMILES string of the molecule is Cc1csc([C@H](C#N)C(=O)COC(=O)Cc2c(C)nc3ncnn3c2C)n1. The average molecular weight is 384 g/mol. The van der Waals surface area contributed by atoms with Crippen LogP contribution in [-0.2, 0) is 20.7 Å². The van der Waals surface area contributed by atoms with Gasteiger partial charge in [0.15, 0.2) is 18.3 Å². The maximum absolute atomic E-state index is 12.2. The number of nitrogens with zero attached hydrogens (tertiary/aromatic N) is 6. The number of Topliss-reactive ketones (excluding diaryl/α,β-unsaturated/α-hetero) is 1. The molecule has 0 spiro atoms. The van der Waals surface area contributed by atoms with Crippen LogP contribution in [0, 0.1) is 32.1 Å². The van der Waals surface area contributed by atoms with E-state index >= 15 is 0 Å². The van der Waals surface area contributed by atoms with Crippen LogP contribution in [0.2, 0.25) is 0 Å². The molecule has 0 radical (unpaired) electrons. The molecule has 3 aromatic rings. The topological polar surface area (TPSA) is 123 Å². The number of carbonyl (C=O) groups is 2. The second kappa shape index (κ2) is 7.59. The van der Waals surface area contributed by atoms with Gasteiger partial charge in [-0.2, -0.15) is 15.3 Å². The molecule has 0 unspecified atom stereocenters. The van der Waals surface area contributed by atoms with Crippen molar-refractivity contribution < 1.29 is 14.3 Å². The first-order chi connectivity index (χ1) is 12.9. The second-order valence-corrected chi connectivity index (χ2v) is 6.82. The van der Waals surface area contributed by atoms with Crippen molar-refractivity contribution >= 4 is 28.9 Å². The van der Waals surface area contributed by atoms with Gasteiger partial charge in [0.25, 0.3) is 5.78 Å². The smallest absolute Gasteiger partial charge is 0.310 e. The molecule has 9 nitrogen and oxygen atoms in total. The Morgan fingerprint density at radius 3 is 2.78 bits per heavy atom. The number of nitriles is 1. The fourth-order valence-electron chi connectivity index (χ4n) is 2.61. The van der Waals surface area contributed by atoms with Crippen molar-refractivity contribution in [3.63, 3.8) is 0 Å². The predicted octanol–water partition coefficient (Wildman–Crippen LogP) is 1.47. The first-order valence-corrected chi connectivity index (χ1v) is 8.94. The van der Waals surface area contributed by atoms with Crippen LogP contribution in [0.1, 0.15) is 33.6 Å². The molecule has 3 rings (SSSR count). The zero-order valence-electron chi connectivity index (χ0n) is 15.0. The molecule has 0 saturated carbocycles. The molecule has 0 amide bonds. The van der Waals surface area contributed by atoms with Crippen LogP contribution in [0.3, 0.4) is 0 Å². The van der Waals surface area contributed by atoms with Crippen molar-refractivity contribution in [1.82, 2.24) is 24.6 Å². The van der Waals surface area contributed by atoms with Crippen LogP contribution in [0.25, 0.3) is 5.78 Å². The molecule has 0 saturated heterocycles. The number of aryl methyl sites for hydroxylation is 3. The van der Waals surface area contributed by atoms with Crippen molar-refractivity contribution in [2.75, 3.05) is 6.61 Å². The van der Waals surface area contributed by atoms with Gasteiger partial charge in [0, 0.05) is 28.0 Å². The molecule has 3 aromatic heterocycles. The molecule has 0 aliphatic carbocycles. The van der Waals surface area contributed by atoms with E-state index in [1.165, 1.54) is 22.2 Å². The normalized spacial score (nSPS) is 11.9. The molecule has 0 aromatic carbocycles. The van der Waals surface area contributed by atoms with E-state index in [2.05, 4.69) is 20.1 Å². The minimum absolute atomic E-state index is 0.0542. The van der Waals surface area contributed by atoms with E-state index in [9.17, 15) is 14.9 Å². The molecule has 0 aliphatic heterocycles. The summed E-state index contributed by atoms with van der Waals surface area (Å²) in [6.07, 6.45) is 1.33. The van der Waals surface area contributed by atoms with Crippen LogP contribution < -0.4 is 0 Å². The number of ketones is 1. The van der Waals surface area contributed by atoms with Gasteiger partial charge < -0.3 is 4.74 Å². The summed E-state index contributed by atoms with van der Waals surface area (Å²) in [6, 6.07) is 1.92. The molecular formula is C17H16N6O3S. The average Bonchev–Trinajstić information content (AvgIpc) is 3.26. The molecule has 0 fully saturated rings. The van der Waals surface area contributed by atoms with Gasteiger partial charge in [-0.1, -0.05) is 0 Å². The predicted molar refractivity (Wildman–Crippen MR) is 95.1 cm³/mol. The van der Waals surface area contributed by atoms with E-state index < -0.39 is 24.3 Å². The first-order valence-electron chi connectivity index (χ1n) is 8.06. The van der Waals surface area contributed by atoms with E-state index in [4.69, 9.17) is 4.74 Å². The lowest BCUT2D eigenvalue weighted by Crippen LogP contribution is -2.21. The highest BCUT2D eigenvalue weighted by atomic mass is 32.1. The minimum atomic E-state index is -1.03. The van der Waals surface area contributed by atoms with E-state index in [-0.39, 0.29) is 6.42 Å². The van der Waals surface area contributed by atoms with Crippen LogP contribution in [0.5, 0.6) is 0 Å². The van der Waals surface area contributed by atoms with E-state index in [0.717, 1.165) is 11.4 Å². The summed E-state index contributed by atoms with van der Waals surface area (Å²) >= 11 is 1.23. The number of aromatic nitrogens is 5. The number of ether oxygens (including phenoxy) is 1. The van der Waals surface area contributed by atoms with E-state index in [0.29, 0.717) is 22.0 Å². The Morgan fingerprint density at radius 1 is 1.33 bits per heavy atom. The molecule has 0 N–H and O–H groups in total. The third kappa shape index (κ3) is 3.83. The summed E-state index contributed by atoms with van der Waals surface area (Å²) < 4.78 is 6.63. The number of fused-ring (bicyclic) bond motifs is 1. The highest BCUT2D eigenvalue weighted by Crippen LogP contribution is 2.21. The van der Waals surface area contributed by atoms with Crippen molar-refractivity contribution in [2.45, 2.75) is 33.1 Å². The molecule has 3 heterocycles. The van der Waals surface area contributed by atoms with Gasteiger partial charge in [-0.05, 0) is 20.8 Å². The lowest BCUT2D eigenvalue weighted by Gasteiger charge is -2.11. The second-order valence-electron chi connectivity index (χ2n) is 5.93. The number of carbonyl (C=O) groups excluding carboxylic acids is 2. The highest BCUT2D eigenvalue weighted by Gasteiger charge is 2.25. The molecule has 1 atom stereocenters. The molecular weight excluding hydrogens is 368 g/mol. The summed E-state index contributed by atoms with van der Waals surface area (Å²) in [5.74, 6) is -1.66. The first kappa shape index (κ1) is 18.6. The van der Waals surface area contributed by atoms with Gasteiger partial charge in [0.1, 0.15) is 11.3 Å². The van der Waals surface area contributed by atoms with Crippen molar-refractivity contribution in [3.8, 4) is 6.07 Å². The zero-order chi connectivity index (χ0) is 19.6. The lowest BCUT2D eigenvalue weighted by molar-refractivity contribution is -0.147. The summed E-state index contributed by atoms with van der Waals surface area (Å²) in [5, 5.41) is 15.5.